The van der Waals surface area contributed by atoms with Gasteiger partial charge in [-0.1, -0.05) is 30.3 Å². The Kier molecular flexibility index (Phi) is 6.80. The first-order valence-electron chi connectivity index (χ1n) is 9.87. The minimum Gasteiger partial charge on any atom is -0.452 e. The lowest BCUT2D eigenvalue weighted by atomic mass is 10.1. The number of hydrogen-bond donors (Lipinski definition) is 1. The van der Waals surface area contributed by atoms with E-state index in [1.54, 1.807) is 41.3 Å². The lowest BCUT2D eigenvalue weighted by Crippen LogP contribution is -2.30. The summed E-state index contributed by atoms with van der Waals surface area (Å²) in [6, 6.07) is 19.6. The number of carbonyl (C=O) groups is 3. The van der Waals surface area contributed by atoms with Crippen molar-refractivity contribution in [3.63, 3.8) is 0 Å². The number of fused-ring (bicyclic) bond motifs is 1. The molecule has 0 aliphatic carbocycles. The van der Waals surface area contributed by atoms with Crippen molar-refractivity contribution in [2.75, 3.05) is 25.0 Å². The standard InChI is InChI=1S/C24H24N2O4/c1-3-26(4-2)23(28)18-11-13-21(14-12-18)25-22(27)16-30-24(29)20-10-9-17-7-5-6-8-19(17)15-20/h5-15H,3-4,16H2,1-2H3,(H,25,27). The molecule has 6 heteroatoms. The highest BCUT2D eigenvalue weighted by atomic mass is 16.5. The van der Waals surface area contributed by atoms with Gasteiger partial charge in [0.05, 0.1) is 5.56 Å². The number of esters is 1. The molecule has 2 amide bonds. The Morgan fingerprint density at radius 3 is 2.13 bits per heavy atom. The Morgan fingerprint density at radius 2 is 1.47 bits per heavy atom. The minimum atomic E-state index is -0.559. The van der Waals surface area contributed by atoms with E-state index in [0.717, 1.165) is 10.8 Å². The fourth-order valence-electron chi connectivity index (χ4n) is 3.12. The first kappa shape index (κ1) is 21.0. The number of benzene rings is 3. The monoisotopic (exact) mass is 404 g/mol. The molecule has 0 aromatic heterocycles. The second kappa shape index (κ2) is 9.69. The molecule has 3 rings (SSSR count). The average Bonchev–Trinajstić information content (AvgIpc) is 2.78. The van der Waals surface area contributed by atoms with Crippen LogP contribution in [0.2, 0.25) is 0 Å². The van der Waals surface area contributed by atoms with Gasteiger partial charge in [-0.3, -0.25) is 9.59 Å². The first-order chi connectivity index (χ1) is 14.5. The Morgan fingerprint density at radius 1 is 0.833 bits per heavy atom. The number of amides is 2. The summed E-state index contributed by atoms with van der Waals surface area (Å²) < 4.78 is 5.12. The topological polar surface area (TPSA) is 75.7 Å². The number of ether oxygens (including phenoxy) is 1. The van der Waals surface area contributed by atoms with Crippen LogP contribution in [0.1, 0.15) is 34.6 Å². The van der Waals surface area contributed by atoms with Crippen molar-refractivity contribution in [2.45, 2.75) is 13.8 Å². The van der Waals surface area contributed by atoms with Gasteiger partial charge in [-0.25, -0.2) is 4.79 Å². The van der Waals surface area contributed by atoms with Gasteiger partial charge < -0.3 is 15.0 Å². The maximum Gasteiger partial charge on any atom is 0.338 e. The molecule has 0 saturated heterocycles. The van der Waals surface area contributed by atoms with Crippen LogP contribution in [-0.2, 0) is 9.53 Å². The minimum absolute atomic E-state index is 0.0535. The number of anilines is 1. The van der Waals surface area contributed by atoms with E-state index in [9.17, 15) is 14.4 Å². The van der Waals surface area contributed by atoms with Gasteiger partial charge in [0, 0.05) is 24.3 Å². The van der Waals surface area contributed by atoms with E-state index in [1.165, 1.54) is 0 Å². The molecule has 3 aromatic rings. The lowest BCUT2D eigenvalue weighted by molar-refractivity contribution is -0.119. The zero-order valence-electron chi connectivity index (χ0n) is 17.1. The van der Waals surface area contributed by atoms with Crippen molar-refractivity contribution in [1.82, 2.24) is 4.90 Å². The Bertz CT molecular complexity index is 1060. The molecule has 0 radical (unpaired) electrons. The van der Waals surface area contributed by atoms with Crippen molar-refractivity contribution in [2.24, 2.45) is 0 Å². The smallest absolute Gasteiger partial charge is 0.338 e. The van der Waals surface area contributed by atoms with Gasteiger partial charge in [0.25, 0.3) is 11.8 Å². The Labute approximate surface area is 175 Å². The second-order valence-electron chi connectivity index (χ2n) is 6.74. The molecular weight excluding hydrogens is 380 g/mol. The molecule has 154 valence electrons. The third-order valence-corrected chi connectivity index (χ3v) is 4.79. The van der Waals surface area contributed by atoms with Gasteiger partial charge in [-0.15, -0.1) is 0 Å². The fourth-order valence-corrected chi connectivity index (χ4v) is 3.12. The SMILES string of the molecule is CCN(CC)C(=O)c1ccc(NC(=O)COC(=O)c2ccc3ccccc3c2)cc1. The Balaban J connectivity index is 1.55. The molecule has 6 nitrogen and oxygen atoms in total. The molecule has 0 unspecified atom stereocenters. The summed E-state index contributed by atoms with van der Waals surface area (Å²) in [5.74, 6) is -1.06. The van der Waals surface area contributed by atoms with Crippen LogP contribution in [0, 0.1) is 0 Å². The summed E-state index contributed by atoms with van der Waals surface area (Å²) >= 11 is 0. The summed E-state index contributed by atoms with van der Waals surface area (Å²) in [4.78, 5) is 38.4. The zero-order chi connectivity index (χ0) is 21.5. The number of carbonyl (C=O) groups excluding carboxylic acids is 3. The third-order valence-electron chi connectivity index (χ3n) is 4.79. The van der Waals surface area contributed by atoms with E-state index in [0.29, 0.717) is 29.9 Å². The molecule has 0 fully saturated rings. The molecule has 0 aliphatic rings. The van der Waals surface area contributed by atoms with Crippen LogP contribution in [0.5, 0.6) is 0 Å². The van der Waals surface area contributed by atoms with Crippen molar-refractivity contribution in [1.29, 1.82) is 0 Å². The van der Waals surface area contributed by atoms with Crippen molar-refractivity contribution in [3.8, 4) is 0 Å². The summed E-state index contributed by atoms with van der Waals surface area (Å²) in [5, 5.41) is 4.61. The van der Waals surface area contributed by atoms with Crippen molar-refractivity contribution >= 4 is 34.2 Å². The molecule has 0 spiro atoms. The lowest BCUT2D eigenvalue weighted by Gasteiger charge is -2.18. The van der Waals surface area contributed by atoms with E-state index >= 15 is 0 Å². The van der Waals surface area contributed by atoms with Crippen LogP contribution in [0.3, 0.4) is 0 Å². The van der Waals surface area contributed by atoms with E-state index in [2.05, 4.69) is 5.32 Å². The van der Waals surface area contributed by atoms with Gasteiger partial charge in [-0.2, -0.15) is 0 Å². The Hall–Kier alpha value is -3.67. The zero-order valence-corrected chi connectivity index (χ0v) is 17.1. The maximum absolute atomic E-state index is 12.3. The van der Waals surface area contributed by atoms with Crippen LogP contribution in [0.4, 0.5) is 5.69 Å². The molecule has 30 heavy (non-hydrogen) atoms. The van der Waals surface area contributed by atoms with Crippen LogP contribution in [0.25, 0.3) is 10.8 Å². The van der Waals surface area contributed by atoms with Crippen LogP contribution in [-0.4, -0.2) is 42.4 Å². The van der Waals surface area contributed by atoms with Crippen LogP contribution in [0.15, 0.2) is 66.7 Å². The predicted octanol–water partition coefficient (Wildman–Crippen LogP) is 4.12. The predicted molar refractivity (Wildman–Crippen MR) is 117 cm³/mol. The number of nitrogens with one attached hydrogen (secondary N) is 1. The fraction of sp³-hybridized carbons (Fsp3) is 0.208. The van der Waals surface area contributed by atoms with Gasteiger partial charge in [0.15, 0.2) is 6.61 Å². The summed E-state index contributed by atoms with van der Waals surface area (Å²) in [7, 11) is 0. The highest BCUT2D eigenvalue weighted by molar-refractivity contribution is 5.98. The molecule has 0 heterocycles. The number of rotatable bonds is 7. The van der Waals surface area contributed by atoms with Gasteiger partial charge in [0.2, 0.25) is 0 Å². The van der Waals surface area contributed by atoms with Gasteiger partial charge in [-0.05, 0) is 61.0 Å². The highest BCUT2D eigenvalue weighted by Crippen LogP contribution is 2.16. The molecule has 0 atom stereocenters. The molecule has 0 saturated carbocycles. The number of hydrogen-bond acceptors (Lipinski definition) is 4. The van der Waals surface area contributed by atoms with E-state index in [1.807, 2.05) is 44.2 Å². The first-order valence-corrected chi connectivity index (χ1v) is 9.87. The summed E-state index contributed by atoms with van der Waals surface area (Å²) in [5.41, 5.74) is 1.47. The normalized spacial score (nSPS) is 10.5. The maximum atomic E-state index is 12.3. The molecule has 3 aromatic carbocycles. The average molecular weight is 404 g/mol. The van der Waals surface area contributed by atoms with Crippen molar-refractivity contribution in [3.05, 3.63) is 77.9 Å². The quantitative estimate of drug-likeness (QED) is 0.601. The van der Waals surface area contributed by atoms with E-state index in [-0.39, 0.29) is 5.91 Å². The van der Waals surface area contributed by atoms with Gasteiger partial charge >= 0.3 is 5.97 Å². The van der Waals surface area contributed by atoms with Crippen molar-refractivity contribution < 1.29 is 19.1 Å². The van der Waals surface area contributed by atoms with E-state index < -0.39 is 18.5 Å². The summed E-state index contributed by atoms with van der Waals surface area (Å²) in [6.07, 6.45) is 0. The molecule has 0 aliphatic heterocycles. The third kappa shape index (κ3) is 5.03. The second-order valence-corrected chi connectivity index (χ2v) is 6.74. The highest BCUT2D eigenvalue weighted by Gasteiger charge is 2.13. The molecular formula is C24H24N2O4. The molecule has 1 N–H and O–H groups in total. The summed E-state index contributed by atoms with van der Waals surface area (Å²) in [6.45, 7) is 4.73. The van der Waals surface area contributed by atoms with E-state index in [4.69, 9.17) is 4.74 Å². The number of nitrogens with zero attached hydrogens (tertiary/aromatic N) is 1. The largest absolute Gasteiger partial charge is 0.452 e. The van der Waals surface area contributed by atoms with Crippen LogP contribution >= 0.6 is 0 Å². The molecule has 0 bridgehead atoms. The van der Waals surface area contributed by atoms with Crippen LogP contribution < -0.4 is 5.32 Å². The van der Waals surface area contributed by atoms with Gasteiger partial charge in [0.1, 0.15) is 0 Å².